The molecule has 166 valence electrons. The summed E-state index contributed by atoms with van der Waals surface area (Å²) in [6, 6.07) is 10.1. The maximum Gasteiger partial charge on any atom is 0.262 e. The van der Waals surface area contributed by atoms with Crippen molar-refractivity contribution in [1.29, 1.82) is 0 Å². The first-order valence-electron chi connectivity index (χ1n) is 10.7. The standard InChI is InChI=1S/C25H28N4O3/c1-14-6-7-17-12-18(23-15(2)16(3)26-25(27-23)28(4)5)8-11-21(17)29(14)24(32)20-10-9-19(30)13-22(20)31/h8-14,30-31H,6-7H2,1-5H3/t14-/m0/s1. The number of aromatic nitrogens is 2. The van der Waals surface area contributed by atoms with Gasteiger partial charge in [-0.05, 0) is 69.0 Å². The molecule has 2 aromatic carbocycles. The number of phenols is 2. The van der Waals surface area contributed by atoms with E-state index in [-0.39, 0.29) is 29.0 Å². The molecular weight excluding hydrogens is 404 g/mol. The molecule has 1 aliphatic rings. The van der Waals surface area contributed by atoms with Crippen molar-refractivity contribution in [3.05, 3.63) is 58.8 Å². The average Bonchev–Trinajstić information content (AvgIpc) is 2.74. The van der Waals surface area contributed by atoms with E-state index in [0.29, 0.717) is 5.95 Å². The Balaban J connectivity index is 1.77. The molecule has 4 rings (SSSR count). The number of hydrogen-bond donors (Lipinski definition) is 2. The second kappa shape index (κ2) is 8.15. The number of phenolic OH excluding ortho intramolecular Hbond substituents is 2. The Bertz CT molecular complexity index is 1210. The van der Waals surface area contributed by atoms with E-state index in [1.807, 2.05) is 51.9 Å². The maximum absolute atomic E-state index is 13.3. The monoisotopic (exact) mass is 432 g/mol. The molecule has 2 heterocycles. The van der Waals surface area contributed by atoms with E-state index in [2.05, 4.69) is 11.1 Å². The molecule has 1 aromatic heterocycles. The molecule has 1 amide bonds. The van der Waals surface area contributed by atoms with Gasteiger partial charge in [-0.15, -0.1) is 0 Å². The first-order valence-corrected chi connectivity index (χ1v) is 10.7. The number of benzene rings is 2. The van der Waals surface area contributed by atoms with Crippen molar-refractivity contribution in [2.75, 3.05) is 23.9 Å². The highest BCUT2D eigenvalue weighted by Crippen LogP contribution is 2.37. The van der Waals surface area contributed by atoms with Crippen LogP contribution in [0.25, 0.3) is 11.3 Å². The molecule has 1 aliphatic heterocycles. The van der Waals surface area contributed by atoms with Crippen molar-refractivity contribution in [3.63, 3.8) is 0 Å². The van der Waals surface area contributed by atoms with Crippen molar-refractivity contribution in [3.8, 4) is 22.8 Å². The number of rotatable bonds is 3. The quantitative estimate of drug-likeness (QED) is 0.644. The fraction of sp³-hybridized carbons (Fsp3) is 0.320. The van der Waals surface area contributed by atoms with E-state index in [1.165, 1.54) is 18.2 Å². The molecule has 0 saturated carbocycles. The number of anilines is 2. The van der Waals surface area contributed by atoms with Gasteiger partial charge in [-0.2, -0.15) is 0 Å². The van der Waals surface area contributed by atoms with Gasteiger partial charge in [-0.1, -0.05) is 6.07 Å². The molecule has 0 bridgehead atoms. The molecule has 7 heteroatoms. The van der Waals surface area contributed by atoms with E-state index in [9.17, 15) is 15.0 Å². The predicted octanol–water partition coefficient (Wildman–Crippen LogP) is 4.22. The molecule has 1 atom stereocenters. The van der Waals surface area contributed by atoms with E-state index in [0.717, 1.165) is 46.6 Å². The average molecular weight is 433 g/mol. The van der Waals surface area contributed by atoms with Gasteiger partial charge < -0.3 is 20.0 Å². The fourth-order valence-electron chi connectivity index (χ4n) is 4.13. The molecule has 7 nitrogen and oxygen atoms in total. The minimum absolute atomic E-state index is 0.0163. The number of carbonyl (C=O) groups is 1. The number of aromatic hydroxyl groups is 2. The third-order valence-corrected chi connectivity index (χ3v) is 6.09. The lowest BCUT2D eigenvalue weighted by molar-refractivity contribution is 0.0972. The van der Waals surface area contributed by atoms with Crippen molar-refractivity contribution in [2.45, 2.75) is 39.7 Å². The smallest absolute Gasteiger partial charge is 0.262 e. The summed E-state index contributed by atoms with van der Waals surface area (Å²) in [5.41, 5.74) is 5.91. The number of amides is 1. The zero-order valence-electron chi connectivity index (χ0n) is 19.0. The Morgan fingerprint density at radius 3 is 2.53 bits per heavy atom. The molecule has 0 spiro atoms. The molecule has 0 saturated heterocycles. The first-order chi connectivity index (χ1) is 15.2. The van der Waals surface area contributed by atoms with Gasteiger partial charge in [0.05, 0.1) is 11.3 Å². The zero-order chi connectivity index (χ0) is 23.2. The zero-order valence-corrected chi connectivity index (χ0v) is 19.0. The summed E-state index contributed by atoms with van der Waals surface area (Å²) in [6.07, 6.45) is 1.66. The summed E-state index contributed by atoms with van der Waals surface area (Å²) in [5, 5.41) is 19.8. The number of fused-ring (bicyclic) bond motifs is 1. The summed E-state index contributed by atoms with van der Waals surface area (Å²) < 4.78 is 0. The van der Waals surface area contributed by atoms with Gasteiger partial charge in [-0.3, -0.25) is 4.79 Å². The van der Waals surface area contributed by atoms with Gasteiger partial charge in [0.15, 0.2) is 0 Å². The molecule has 2 N–H and O–H groups in total. The topological polar surface area (TPSA) is 89.8 Å². The minimum Gasteiger partial charge on any atom is -0.508 e. The van der Waals surface area contributed by atoms with Crippen LogP contribution in [0, 0.1) is 13.8 Å². The van der Waals surface area contributed by atoms with Crippen molar-refractivity contribution in [1.82, 2.24) is 9.97 Å². The third-order valence-electron chi connectivity index (χ3n) is 6.09. The highest BCUT2D eigenvalue weighted by atomic mass is 16.3. The predicted molar refractivity (Wildman–Crippen MR) is 126 cm³/mol. The maximum atomic E-state index is 13.3. The summed E-state index contributed by atoms with van der Waals surface area (Å²) >= 11 is 0. The van der Waals surface area contributed by atoms with Gasteiger partial charge >= 0.3 is 0 Å². The van der Waals surface area contributed by atoms with Crippen LogP contribution in [0.3, 0.4) is 0 Å². The van der Waals surface area contributed by atoms with Gasteiger partial charge in [0, 0.05) is 43.1 Å². The van der Waals surface area contributed by atoms with Crippen molar-refractivity contribution in [2.24, 2.45) is 0 Å². The second-order valence-corrected chi connectivity index (χ2v) is 8.58. The minimum atomic E-state index is -0.285. The van der Waals surface area contributed by atoms with Gasteiger partial charge in [0.1, 0.15) is 11.5 Å². The van der Waals surface area contributed by atoms with Crippen LogP contribution in [0.2, 0.25) is 0 Å². The number of carbonyl (C=O) groups excluding carboxylic acids is 1. The van der Waals surface area contributed by atoms with E-state index in [1.54, 1.807) is 4.90 Å². The molecule has 0 unspecified atom stereocenters. The van der Waals surface area contributed by atoms with Crippen molar-refractivity contribution < 1.29 is 15.0 Å². The fourth-order valence-corrected chi connectivity index (χ4v) is 4.13. The van der Waals surface area contributed by atoms with Gasteiger partial charge in [0.25, 0.3) is 5.91 Å². The Morgan fingerprint density at radius 2 is 1.84 bits per heavy atom. The van der Waals surface area contributed by atoms with E-state index in [4.69, 9.17) is 4.98 Å². The molecule has 0 radical (unpaired) electrons. The molecular formula is C25H28N4O3. The first kappa shape index (κ1) is 21.6. The van der Waals surface area contributed by atoms with E-state index < -0.39 is 0 Å². The summed E-state index contributed by atoms with van der Waals surface area (Å²) in [7, 11) is 3.84. The lowest BCUT2D eigenvalue weighted by atomic mass is 9.92. The Hall–Kier alpha value is -3.61. The molecule has 32 heavy (non-hydrogen) atoms. The van der Waals surface area contributed by atoms with Gasteiger partial charge in [0.2, 0.25) is 5.95 Å². The van der Waals surface area contributed by atoms with Crippen LogP contribution in [0.15, 0.2) is 36.4 Å². The Labute approximate surface area is 188 Å². The summed E-state index contributed by atoms with van der Waals surface area (Å²) in [6.45, 7) is 6.01. The Kier molecular flexibility index (Phi) is 5.50. The number of nitrogens with zero attached hydrogens (tertiary/aromatic N) is 4. The lowest BCUT2D eigenvalue weighted by Gasteiger charge is -2.35. The lowest BCUT2D eigenvalue weighted by Crippen LogP contribution is -2.42. The van der Waals surface area contributed by atoms with E-state index >= 15 is 0 Å². The molecule has 0 fully saturated rings. The summed E-state index contributed by atoms with van der Waals surface area (Å²) in [4.78, 5) is 26.3. The highest BCUT2D eigenvalue weighted by molar-refractivity contribution is 6.09. The number of aryl methyl sites for hydroxylation is 2. The van der Waals surface area contributed by atoms with Crippen LogP contribution in [-0.2, 0) is 6.42 Å². The SMILES string of the molecule is Cc1nc(N(C)C)nc(-c2ccc3c(c2)CC[C@H](C)N3C(=O)c2ccc(O)cc2O)c1C. The van der Waals surface area contributed by atoms with Crippen LogP contribution >= 0.6 is 0 Å². The number of hydrogen-bond acceptors (Lipinski definition) is 6. The van der Waals surface area contributed by atoms with Gasteiger partial charge in [-0.25, -0.2) is 9.97 Å². The van der Waals surface area contributed by atoms with Crippen LogP contribution in [0.5, 0.6) is 11.5 Å². The van der Waals surface area contributed by atoms with Crippen LogP contribution in [-0.4, -0.2) is 46.2 Å². The van der Waals surface area contributed by atoms with Crippen LogP contribution < -0.4 is 9.80 Å². The Morgan fingerprint density at radius 1 is 1.09 bits per heavy atom. The molecule has 3 aromatic rings. The van der Waals surface area contributed by atoms with Crippen molar-refractivity contribution >= 4 is 17.5 Å². The van der Waals surface area contributed by atoms with Crippen LogP contribution in [0.4, 0.5) is 11.6 Å². The largest absolute Gasteiger partial charge is 0.508 e. The molecule has 0 aliphatic carbocycles. The second-order valence-electron chi connectivity index (χ2n) is 8.58. The highest BCUT2D eigenvalue weighted by Gasteiger charge is 2.31. The van der Waals surface area contributed by atoms with Crippen LogP contribution in [0.1, 0.15) is 40.5 Å². The normalized spacial score (nSPS) is 15.4. The third kappa shape index (κ3) is 3.75. The summed E-state index contributed by atoms with van der Waals surface area (Å²) in [5.74, 6) is 0.0688.